The SMILES string of the molecule is CCc1ccc(NC(=O)CSc2nnc(C(NC(=O)c3ccccc3)C(C)C)n2C)cc1. The van der Waals surface area contributed by atoms with E-state index >= 15 is 0 Å². The topological polar surface area (TPSA) is 88.9 Å². The summed E-state index contributed by atoms with van der Waals surface area (Å²) < 4.78 is 1.84. The molecule has 2 amide bonds. The summed E-state index contributed by atoms with van der Waals surface area (Å²) in [6.45, 7) is 6.14. The first-order valence-electron chi connectivity index (χ1n) is 10.7. The summed E-state index contributed by atoms with van der Waals surface area (Å²) in [6, 6.07) is 16.6. The molecule has 32 heavy (non-hydrogen) atoms. The second-order valence-electron chi connectivity index (χ2n) is 7.85. The van der Waals surface area contributed by atoms with Crippen LogP contribution >= 0.6 is 11.8 Å². The molecule has 0 saturated heterocycles. The number of rotatable bonds is 9. The summed E-state index contributed by atoms with van der Waals surface area (Å²) in [4.78, 5) is 25.0. The monoisotopic (exact) mass is 451 g/mol. The molecule has 3 aromatic rings. The van der Waals surface area contributed by atoms with Gasteiger partial charge in [-0.3, -0.25) is 9.59 Å². The van der Waals surface area contributed by atoms with Crippen LogP contribution in [0.15, 0.2) is 59.8 Å². The standard InChI is InChI=1S/C24H29N5O2S/c1-5-17-11-13-19(14-12-17)25-20(30)15-32-24-28-27-22(29(24)4)21(16(2)3)26-23(31)18-9-7-6-8-10-18/h6-14,16,21H,5,15H2,1-4H3,(H,25,30)(H,26,31). The fraction of sp³-hybridized carbons (Fsp3) is 0.333. The average Bonchev–Trinajstić information content (AvgIpc) is 3.16. The van der Waals surface area contributed by atoms with Crippen LogP contribution in [0.25, 0.3) is 0 Å². The maximum atomic E-state index is 12.7. The minimum absolute atomic E-state index is 0.109. The van der Waals surface area contributed by atoms with Crippen LogP contribution in [0.5, 0.6) is 0 Å². The normalized spacial score (nSPS) is 11.9. The third kappa shape index (κ3) is 5.97. The van der Waals surface area contributed by atoms with E-state index in [9.17, 15) is 9.59 Å². The van der Waals surface area contributed by atoms with E-state index in [4.69, 9.17) is 0 Å². The van der Waals surface area contributed by atoms with Crippen molar-refractivity contribution < 1.29 is 9.59 Å². The number of thioether (sulfide) groups is 1. The van der Waals surface area contributed by atoms with Gasteiger partial charge in [0.1, 0.15) is 0 Å². The minimum Gasteiger partial charge on any atom is -0.342 e. The highest BCUT2D eigenvalue weighted by Crippen LogP contribution is 2.24. The molecule has 0 radical (unpaired) electrons. The van der Waals surface area contributed by atoms with Gasteiger partial charge < -0.3 is 15.2 Å². The van der Waals surface area contributed by atoms with Crippen LogP contribution in [0.1, 0.15) is 48.6 Å². The van der Waals surface area contributed by atoms with E-state index in [-0.39, 0.29) is 29.5 Å². The Morgan fingerprint density at radius 1 is 1.03 bits per heavy atom. The number of amides is 2. The predicted octanol–water partition coefficient (Wildman–Crippen LogP) is 4.24. The lowest BCUT2D eigenvalue weighted by molar-refractivity contribution is -0.113. The number of aryl methyl sites for hydroxylation is 1. The van der Waals surface area contributed by atoms with E-state index < -0.39 is 0 Å². The fourth-order valence-electron chi connectivity index (χ4n) is 3.22. The number of carbonyl (C=O) groups excluding carboxylic acids is 2. The van der Waals surface area contributed by atoms with E-state index in [1.54, 1.807) is 12.1 Å². The van der Waals surface area contributed by atoms with Crippen molar-refractivity contribution in [2.24, 2.45) is 13.0 Å². The van der Waals surface area contributed by atoms with Crippen molar-refractivity contribution >= 4 is 29.3 Å². The zero-order chi connectivity index (χ0) is 23.1. The number of carbonyl (C=O) groups is 2. The van der Waals surface area contributed by atoms with Gasteiger partial charge in [0.25, 0.3) is 5.91 Å². The minimum atomic E-state index is -0.305. The van der Waals surface area contributed by atoms with Gasteiger partial charge in [0.15, 0.2) is 11.0 Å². The molecule has 8 heteroatoms. The summed E-state index contributed by atoms with van der Waals surface area (Å²) in [7, 11) is 1.85. The van der Waals surface area contributed by atoms with Crippen LogP contribution in [-0.2, 0) is 18.3 Å². The average molecular weight is 452 g/mol. The van der Waals surface area contributed by atoms with Gasteiger partial charge in [0, 0.05) is 18.3 Å². The Kier molecular flexibility index (Phi) is 8.05. The highest BCUT2D eigenvalue weighted by Gasteiger charge is 2.25. The van der Waals surface area contributed by atoms with Crippen molar-refractivity contribution in [2.75, 3.05) is 11.1 Å². The lowest BCUT2D eigenvalue weighted by Gasteiger charge is -2.21. The van der Waals surface area contributed by atoms with Crippen molar-refractivity contribution in [1.82, 2.24) is 20.1 Å². The highest BCUT2D eigenvalue weighted by molar-refractivity contribution is 7.99. The molecule has 0 saturated carbocycles. The first kappa shape index (κ1) is 23.5. The molecule has 3 rings (SSSR count). The Morgan fingerprint density at radius 2 is 1.72 bits per heavy atom. The fourth-order valence-corrected chi connectivity index (χ4v) is 3.94. The molecule has 0 aliphatic heterocycles. The molecule has 7 nitrogen and oxygen atoms in total. The maximum Gasteiger partial charge on any atom is 0.251 e. The second kappa shape index (κ2) is 10.9. The van der Waals surface area contributed by atoms with Gasteiger partial charge in [-0.2, -0.15) is 0 Å². The van der Waals surface area contributed by atoms with Gasteiger partial charge in [-0.25, -0.2) is 0 Å². The molecule has 1 heterocycles. The number of nitrogens with zero attached hydrogens (tertiary/aromatic N) is 3. The number of anilines is 1. The molecular weight excluding hydrogens is 422 g/mol. The van der Waals surface area contributed by atoms with Gasteiger partial charge in [0.2, 0.25) is 5.91 Å². The summed E-state index contributed by atoms with van der Waals surface area (Å²) in [6.07, 6.45) is 0.960. The molecule has 0 aliphatic carbocycles. The van der Waals surface area contributed by atoms with Crippen molar-refractivity contribution in [1.29, 1.82) is 0 Å². The van der Waals surface area contributed by atoms with Crippen molar-refractivity contribution in [3.8, 4) is 0 Å². The molecule has 2 N–H and O–H groups in total. The van der Waals surface area contributed by atoms with Crippen LogP contribution in [0.4, 0.5) is 5.69 Å². The van der Waals surface area contributed by atoms with Crippen LogP contribution in [-0.4, -0.2) is 32.3 Å². The Labute approximate surface area is 193 Å². The third-order valence-electron chi connectivity index (χ3n) is 5.11. The van der Waals surface area contributed by atoms with Gasteiger partial charge in [-0.05, 0) is 42.2 Å². The second-order valence-corrected chi connectivity index (χ2v) is 8.79. The van der Waals surface area contributed by atoms with Gasteiger partial charge in [-0.1, -0.05) is 62.9 Å². The largest absolute Gasteiger partial charge is 0.342 e. The Bertz CT molecular complexity index is 1050. The summed E-state index contributed by atoms with van der Waals surface area (Å²) in [5.74, 6) is 0.709. The molecule has 1 unspecified atom stereocenters. The van der Waals surface area contributed by atoms with Crippen molar-refractivity contribution in [3.63, 3.8) is 0 Å². The van der Waals surface area contributed by atoms with Crippen LogP contribution in [0, 0.1) is 5.92 Å². The van der Waals surface area contributed by atoms with E-state index in [0.29, 0.717) is 16.5 Å². The van der Waals surface area contributed by atoms with Gasteiger partial charge in [0.05, 0.1) is 11.8 Å². The zero-order valence-electron chi connectivity index (χ0n) is 18.8. The predicted molar refractivity (Wildman–Crippen MR) is 128 cm³/mol. The van der Waals surface area contributed by atoms with E-state index in [2.05, 4.69) is 27.8 Å². The molecule has 2 aromatic carbocycles. The van der Waals surface area contributed by atoms with E-state index in [1.807, 2.05) is 67.9 Å². The molecule has 0 bridgehead atoms. The number of hydrogen-bond acceptors (Lipinski definition) is 5. The highest BCUT2D eigenvalue weighted by atomic mass is 32.2. The van der Waals surface area contributed by atoms with Crippen LogP contribution in [0.2, 0.25) is 0 Å². The van der Waals surface area contributed by atoms with Gasteiger partial charge in [-0.15, -0.1) is 10.2 Å². The lowest BCUT2D eigenvalue weighted by Crippen LogP contribution is -2.33. The molecule has 168 valence electrons. The number of hydrogen-bond donors (Lipinski definition) is 2. The number of benzene rings is 2. The number of nitrogens with one attached hydrogen (secondary N) is 2. The quantitative estimate of drug-likeness (QED) is 0.475. The van der Waals surface area contributed by atoms with Crippen molar-refractivity contribution in [2.45, 2.75) is 38.4 Å². The molecular formula is C24H29N5O2S. The Balaban J connectivity index is 1.63. The molecule has 0 spiro atoms. The first-order chi connectivity index (χ1) is 15.4. The molecule has 1 aromatic heterocycles. The molecule has 0 fully saturated rings. The van der Waals surface area contributed by atoms with Crippen molar-refractivity contribution in [3.05, 3.63) is 71.5 Å². The van der Waals surface area contributed by atoms with Crippen LogP contribution in [0.3, 0.4) is 0 Å². The van der Waals surface area contributed by atoms with E-state index in [1.165, 1.54) is 17.3 Å². The summed E-state index contributed by atoms with van der Waals surface area (Å²) in [5, 5.41) is 15.1. The maximum absolute atomic E-state index is 12.7. The molecule has 1 atom stereocenters. The smallest absolute Gasteiger partial charge is 0.251 e. The Hall–Kier alpha value is -3.13. The summed E-state index contributed by atoms with van der Waals surface area (Å²) in [5.41, 5.74) is 2.59. The summed E-state index contributed by atoms with van der Waals surface area (Å²) >= 11 is 1.31. The van der Waals surface area contributed by atoms with Gasteiger partial charge >= 0.3 is 0 Å². The zero-order valence-corrected chi connectivity index (χ0v) is 19.6. The first-order valence-corrected chi connectivity index (χ1v) is 11.6. The van der Waals surface area contributed by atoms with E-state index in [0.717, 1.165) is 12.1 Å². The molecule has 0 aliphatic rings. The number of aromatic nitrogens is 3. The third-order valence-corrected chi connectivity index (χ3v) is 6.13. The lowest BCUT2D eigenvalue weighted by atomic mass is 10.0. The Morgan fingerprint density at radius 3 is 2.34 bits per heavy atom. The van der Waals surface area contributed by atoms with Crippen LogP contribution < -0.4 is 10.6 Å².